The number of hydrogen-bond donors (Lipinski definition) is 3. The molecule has 1 unspecified atom stereocenters. The zero-order valence-corrected chi connectivity index (χ0v) is 19.5. The van der Waals surface area contributed by atoms with Crippen LogP contribution in [0.25, 0.3) is 0 Å². The van der Waals surface area contributed by atoms with Crippen molar-refractivity contribution in [3.05, 3.63) is 82.4 Å². The number of phenols is 1. The van der Waals surface area contributed by atoms with Crippen LogP contribution in [0, 0.1) is 16.9 Å². The van der Waals surface area contributed by atoms with Gasteiger partial charge in [-0.1, -0.05) is 17.7 Å². The van der Waals surface area contributed by atoms with Crippen LogP contribution in [0.4, 0.5) is 5.69 Å². The summed E-state index contributed by atoms with van der Waals surface area (Å²) in [7, 11) is 1.40. The van der Waals surface area contributed by atoms with Crippen LogP contribution >= 0.6 is 23.4 Å². The molecule has 34 heavy (non-hydrogen) atoms. The molecule has 172 valence electrons. The standard InChI is InChI=1S/C24H19ClN4O4S/c1-33-21-11-17(28-22(31)13-34-18-6-3-16(25)4-7-18)5-8-19(21)23(29-27)24(32)14-2-9-20(30)15(10-14)12-26/h2-11,23,27,30H,13H2,1H3,(H,28,31). The Labute approximate surface area is 205 Å². The summed E-state index contributed by atoms with van der Waals surface area (Å²) in [5.74, 6) is -0.583. The average Bonchev–Trinajstić information content (AvgIpc) is 2.85. The zero-order valence-electron chi connectivity index (χ0n) is 17.9. The normalized spacial score (nSPS) is 11.2. The third kappa shape index (κ3) is 5.92. The van der Waals surface area contributed by atoms with E-state index < -0.39 is 11.8 Å². The summed E-state index contributed by atoms with van der Waals surface area (Å²) in [6, 6.07) is 16.3. The number of nitrogens with one attached hydrogen (secondary N) is 2. The largest absolute Gasteiger partial charge is 0.507 e. The molecule has 3 aromatic rings. The van der Waals surface area contributed by atoms with Gasteiger partial charge in [-0.05, 0) is 48.5 Å². The maximum atomic E-state index is 13.0. The van der Waals surface area contributed by atoms with Crippen LogP contribution in [0.5, 0.6) is 11.5 Å². The molecular formula is C24H19ClN4O4S. The minimum absolute atomic E-state index is 0.0592. The number of carbonyl (C=O) groups excluding carboxylic acids is 2. The monoisotopic (exact) mass is 494 g/mol. The molecule has 3 rings (SSSR count). The topological polar surface area (TPSA) is 136 Å². The molecule has 0 spiro atoms. The minimum atomic E-state index is -1.23. The van der Waals surface area contributed by atoms with Crippen molar-refractivity contribution in [2.75, 3.05) is 18.2 Å². The number of phenolic OH excluding ortho intramolecular Hbond substituents is 1. The molecule has 0 heterocycles. The minimum Gasteiger partial charge on any atom is -0.507 e. The summed E-state index contributed by atoms with van der Waals surface area (Å²) < 4.78 is 5.38. The van der Waals surface area contributed by atoms with E-state index in [0.29, 0.717) is 16.3 Å². The Bertz CT molecular complexity index is 1270. The number of ether oxygens (including phenoxy) is 1. The molecule has 0 aliphatic rings. The van der Waals surface area contributed by atoms with E-state index in [0.717, 1.165) is 4.90 Å². The van der Waals surface area contributed by atoms with E-state index >= 15 is 0 Å². The van der Waals surface area contributed by atoms with Gasteiger partial charge in [0.1, 0.15) is 17.6 Å². The van der Waals surface area contributed by atoms with Gasteiger partial charge in [0.25, 0.3) is 0 Å². The van der Waals surface area contributed by atoms with Crippen molar-refractivity contribution < 1.29 is 19.4 Å². The Hall–Kier alpha value is -3.87. The van der Waals surface area contributed by atoms with Gasteiger partial charge in [-0.2, -0.15) is 10.4 Å². The van der Waals surface area contributed by atoms with E-state index in [1.165, 1.54) is 37.1 Å². The summed E-state index contributed by atoms with van der Waals surface area (Å²) in [4.78, 5) is 26.2. The second-order valence-electron chi connectivity index (χ2n) is 6.99. The van der Waals surface area contributed by atoms with Gasteiger partial charge < -0.3 is 15.2 Å². The highest BCUT2D eigenvalue weighted by atomic mass is 35.5. The lowest BCUT2D eigenvalue weighted by Gasteiger charge is -2.16. The smallest absolute Gasteiger partial charge is 0.234 e. The van der Waals surface area contributed by atoms with Gasteiger partial charge in [-0.25, -0.2) is 5.53 Å². The van der Waals surface area contributed by atoms with E-state index in [4.69, 9.17) is 27.1 Å². The highest BCUT2D eigenvalue weighted by Gasteiger charge is 2.26. The van der Waals surface area contributed by atoms with Gasteiger partial charge in [0, 0.05) is 32.8 Å². The lowest BCUT2D eigenvalue weighted by molar-refractivity contribution is -0.113. The van der Waals surface area contributed by atoms with Gasteiger partial charge in [0.05, 0.1) is 18.4 Å². The molecule has 3 aromatic carbocycles. The third-order valence-corrected chi connectivity index (χ3v) is 6.04. The molecule has 1 amide bonds. The van der Waals surface area contributed by atoms with Gasteiger partial charge >= 0.3 is 0 Å². The maximum absolute atomic E-state index is 13.0. The molecule has 0 aromatic heterocycles. The summed E-state index contributed by atoms with van der Waals surface area (Å²) >= 11 is 7.22. The number of amides is 1. The molecule has 10 heteroatoms. The summed E-state index contributed by atoms with van der Waals surface area (Å²) in [6.45, 7) is 0. The van der Waals surface area contributed by atoms with E-state index in [2.05, 4.69) is 10.4 Å². The van der Waals surface area contributed by atoms with Crippen molar-refractivity contribution in [3.8, 4) is 17.6 Å². The number of methoxy groups -OCH3 is 1. The lowest BCUT2D eigenvalue weighted by atomic mass is 9.96. The first kappa shape index (κ1) is 24.8. The van der Waals surface area contributed by atoms with Gasteiger partial charge in [0.15, 0.2) is 11.8 Å². The van der Waals surface area contributed by atoms with Gasteiger partial charge in [-0.15, -0.1) is 11.8 Å². The first-order chi connectivity index (χ1) is 16.4. The van der Waals surface area contributed by atoms with Crippen molar-refractivity contribution in [2.24, 2.45) is 5.11 Å². The van der Waals surface area contributed by atoms with Crippen LogP contribution in [-0.4, -0.2) is 29.7 Å². The predicted molar refractivity (Wildman–Crippen MR) is 129 cm³/mol. The molecule has 0 aliphatic carbocycles. The molecule has 1 atom stereocenters. The Morgan fingerprint density at radius 3 is 2.59 bits per heavy atom. The first-order valence-corrected chi connectivity index (χ1v) is 11.2. The number of anilines is 1. The van der Waals surface area contributed by atoms with Crippen LogP contribution in [0.2, 0.25) is 5.02 Å². The Morgan fingerprint density at radius 1 is 1.21 bits per heavy atom. The van der Waals surface area contributed by atoms with E-state index in [1.807, 2.05) is 12.1 Å². The number of hydrogen-bond acceptors (Lipinski definition) is 8. The van der Waals surface area contributed by atoms with Crippen LogP contribution in [-0.2, 0) is 4.79 Å². The number of Topliss-reactive ketones (excluding diaryl/α,β-unsaturated/α-hetero) is 1. The summed E-state index contributed by atoms with van der Waals surface area (Å²) in [5, 5.41) is 25.6. The fraction of sp³-hybridized carbons (Fsp3) is 0.125. The Morgan fingerprint density at radius 2 is 1.94 bits per heavy atom. The molecule has 0 aliphatic heterocycles. The number of benzene rings is 3. The molecule has 0 saturated heterocycles. The fourth-order valence-electron chi connectivity index (χ4n) is 3.10. The first-order valence-electron chi connectivity index (χ1n) is 9.86. The van der Waals surface area contributed by atoms with Crippen molar-refractivity contribution in [1.82, 2.24) is 0 Å². The zero-order chi connectivity index (χ0) is 24.7. The van der Waals surface area contributed by atoms with Gasteiger partial charge in [-0.3, -0.25) is 9.59 Å². The number of thioether (sulfide) groups is 1. The molecule has 0 radical (unpaired) electrons. The molecular weight excluding hydrogens is 476 g/mol. The Balaban J connectivity index is 1.75. The molecule has 0 bridgehead atoms. The maximum Gasteiger partial charge on any atom is 0.234 e. The van der Waals surface area contributed by atoms with Crippen molar-refractivity contribution in [2.45, 2.75) is 10.9 Å². The summed E-state index contributed by atoms with van der Waals surface area (Å²) in [5.41, 5.74) is 8.40. The van der Waals surface area contributed by atoms with Crippen molar-refractivity contribution in [3.63, 3.8) is 0 Å². The van der Waals surface area contributed by atoms with Crippen LogP contribution in [0.3, 0.4) is 0 Å². The van der Waals surface area contributed by atoms with Crippen LogP contribution in [0.1, 0.15) is 27.5 Å². The van der Waals surface area contributed by atoms with Crippen LogP contribution in [0.15, 0.2) is 70.7 Å². The fourth-order valence-corrected chi connectivity index (χ4v) is 3.92. The summed E-state index contributed by atoms with van der Waals surface area (Å²) in [6.07, 6.45) is 0. The van der Waals surface area contributed by atoms with E-state index in [9.17, 15) is 14.7 Å². The second-order valence-corrected chi connectivity index (χ2v) is 8.47. The number of rotatable bonds is 9. The SMILES string of the molecule is COc1cc(NC(=O)CSc2ccc(Cl)cc2)ccc1C(N=N)C(=O)c1ccc(O)c(C#N)c1. The number of ketones is 1. The Kier molecular flexibility index (Phi) is 8.24. The second kappa shape index (κ2) is 11.3. The highest BCUT2D eigenvalue weighted by Crippen LogP contribution is 2.33. The lowest BCUT2D eigenvalue weighted by Crippen LogP contribution is -2.15. The number of halogens is 1. The number of aromatic hydroxyl groups is 1. The molecule has 0 saturated carbocycles. The third-order valence-electron chi connectivity index (χ3n) is 4.77. The molecule has 3 N–H and O–H groups in total. The number of nitriles is 1. The van der Waals surface area contributed by atoms with E-state index in [-0.39, 0.29) is 34.3 Å². The number of nitrogens with zero attached hydrogens (tertiary/aromatic N) is 2. The predicted octanol–water partition coefficient (Wildman–Crippen LogP) is 5.61. The van der Waals surface area contributed by atoms with Crippen LogP contribution < -0.4 is 10.1 Å². The van der Waals surface area contributed by atoms with Gasteiger partial charge in [0.2, 0.25) is 5.91 Å². The van der Waals surface area contributed by atoms with E-state index in [1.54, 1.807) is 36.4 Å². The molecule has 8 nitrogen and oxygen atoms in total. The average molecular weight is 495 g/mol. The van der Waals surface area contributed by atoms with Crippen molar-refractivity contribution >= 4 is 40.7 Å². The highest BCUT2D eigenvalue weighted by molar-refractivity contribution is 8.00. The van der Waals surface area contributed by atoms with Crippen molar-refractivity contribution in [1.29, 1.82) is 10.8 Å². The molecule has 0 fully saturated rings. The quantitative estimate of drug-likeness (QED) is 0.201. The number of carbonyl (C=O) groups is 2.